The van der Waals surface area contributed by atoms with E-state index in [1.54, 1.807) is 0 Å². The fourth-order valence-corrected chi connectivity index (χ4v) is 2.59. The predicted molar refractivity (Wildman–Crippen MR) is 111 cm³/mol. The van der Waals surface area contributed by atoms with Crippen molar-refractivity contribution >= 4 is 29.9 Å². The van der Waals surface area contributed by atoms with E-state index in [2.05, 4.69) is 27.8 Å². The molecule has 0 unspecified atom stereocenters. The van der Waals surface area contributed by atoms with Gasteiger partial charge in [0.05, 0.1) is 6.54 Å². The third kappa shape index (κ3) is 7.25. The van der Waals surface area contributed by atoms with Crippen LogP contribution in [0.3, 0.4) is 0 Å². The van der Waals surface area contributed by atoms with Gasteiger partial charge < -0.3 is 20.3 Å². The average molecular weight is 446 g/mol. The first kappa shape index (κ1) is 21.0. The summed E-state index contributed by atoms with van der Waals surface area (Å²) in [6.45, 7) is 6.53. The number of nitrogens with two attached hydrogens (primary N) is 1. The smallest absolute Gasteiger partial charge is 0.191 e. The van der Waals surface area contributed by atoms with Gasteiger partial charge in [-0.25, -0.2) is 4.99 Å². The maximum Gasteiger partial charge on any atom is 0.191 e. The molecular formula is C18H31IN4O. The van der Waals surface area contributed by atoms with Gasteiger partial charge in [-0.3, -0.25) is 0 Å². The zero-order chi connectivity index (χ0) is 16.7. The molecule has 0 amide bonds. The van der Waals surface area contributed by atoms with Crippen LogP contribution in [0.25, 0.3) is 0 Å². The molecule has 1 fully saturated rings. The average Bonchev–Trinajstić information content (AvgIpc) is 2.53. The normalized spacial score (nSPS) is 16.2. The van der Waals surface area contributed by atoms with Crippen LogP contribution in [0.2, 0.25) is 0 Å². The summed E-state index contributed by atoms with van der Waals surface area (Å²) < 4.78 is 5.76. The molecule has 1 aliphatic rings. The Labute approximate surface area is 163 Å². The molecule has 1 heterocycles. The maximum absolute atomic E-state index is 6.13. The molecule has 136 valence electrons. The Morgan fingerprint density at radius 1 is 1.33 bits per heavy atom. The Morgan fingerprint density at radius 3 is 2.71 bits per heavy atom. The highest BCUT2D eigenvalue weighted by molar-refractivity contribution is 14.0. The molecule has 24 heavy (non-hydrogen) atoms. The molecule has 0 saturated carbocycles. The molecule has 0 radical (unpaired) electrons. The van der Waals surface area contributed by atoms with Gasteiger partial charge in [0.2, 0.25) is 0 Å². The minimum atomic E-state index is 0. The van der Waals surface area contributed by atoms with Crippen LogP contribution in [0.5, 0.6) is 5.75 Å². The van der Waals surface area contributed by atoms with Crippen LogP contribution in [0.1, 0.15) is 25.3 Å². The van der Waals surface area contributed by atoms with E-state index in [4.69, 9.17) is 10.5 Å². The Kier molecular flexibility index (Phi) is 9.43. The van der Waals surface area contributed by atoms with Crippen LogP contribution < -0.4 is 10.5 Å². The topological polar surface area (TPSA) is 54.1 Å². The van der Waals surface area contributed by atoms with Gasteiger partial charge in [-0.05, 0) is 50.6 Å². The number of guanidine groups is 1. The molecule has 1 aromatic carbocycles. The minimum absolute atomic E-state index is 0. The van der Waals surface area contributed by atoms with Gasteiger partial charge >= 0.3 is 0 Å². The summed E-state index contributed by atoms with van der Waals surface area (Å²) in [7, 11) is 4.08. The van der Waals surface area contributed by atoms with Gasteiger partial charge in [-0.1, -0.05) is 19.1 Å². The highest BCUT2D eigenvalue weighted by Crippen LogP contribution is 2.17. The SMILES string of the molecule is CC1CCN(C(N)=NCc2cccc(OCCN(C)C)c2)CC1.I. The van der Waals surface area contributed by atoms with Crippen molar-refractivity contribution in [2.24, 2.45) is 16.6 Å². The van der Waals surface area contributed by atoms with E-state index in [0.717, 1.165) is 36.9 Å². The summed E-state index contributed by atoms with van der Waals surface area (Å²) >= 11 is 0. The van der Waals surface area contributed by atoms with Crippen LogP contribution in [0.4, 0.5) is 0 Å². The summed E-state index contributed by atoms with van der Waals surface area (Å²) in [5.41, 5.74) is 7.26. The third-order valence-electron chi connectivity index (χ3n) is 4.24. The molecule has 2 rings (SSSR count). The lowest BCUT2D eigenvalue weighted by Crippen LogP contribution is -2.42. The van der Waals surface area contributed by atoms with Crippen molar-refractivity contribution in [1.29, 1.82) is 0 Å². The molecule has 1 aromatic rings. The summed E-state index contributed by atoms with van der Waals surface area (Å²) in [4.78, 5) is 8.85. The number of ether oxygens (including phenoxy) is 1. The van der Waals surface area contributed by atoms with Crippen LogP contribution in [-0.4, -0.2) is 56.1 Å². The zero-order valence-electron chi connectivity index (χ0n) is 15.1. The van der Waals surface area contributed by atoms with E-state index >= 15 is 0 Å². The van der Waals surface area contributed by atoms with Gasteiger partial charge in [0, 0.05) is 19.6 Å². The molecule has 6 heteroatoms. The number of piperidine rings is 1. The monoisotopic (exact) mass is 446 g/mol. The fraction of sp³-hybridized carbons (Fsp3) is 0.611. The van der Waals surface area contributed by atoms with E-state index < -0.39 is 0 Å². The molecule has 0 atom stereocenters. The lowest BCUT2D eigenvalue weighted by Gasteiger charge is -2.31. The van der Waals surface area contributed by atoms with Crippen LogP contribution >= 0.6 is 24.0 Å². The molecule has 1 saturated heterocycles. The van der Waals surface area contributed by atoms with Gasteiger partial charge in [0.25, 0.3) is 0 Å². The fourth-order valence-electron chi connectivity index (χ4n) is 2.59. The van der Waals surface area contributed by atoms with E-state index in [0.29, 0.717) is 19.1 Å². The summed E-state index contributed by atoms with van der Waals surface area (Å²) in [5.74, 6) is 2.36. The molecule has 0 bridgehead atoms. The van der Waals surface area contributed by atoms with Gasteiger partial charge in [-0.15, -0.1) is 24.0 Å². The second-order valence-electron chi connectivity index (χ2n) is 6.64. The van der Waals surface area contributed by atoms with Gasteiger partial charge in [-0.2, -0.15) is 0 Å². The molecule has 0 aromatic heterocycles. The predicted octanol–water partition coefficient (Wildman–Crippen LogP) is 2.79. The summed E-state index contributed by atoms with van der Waals surface area (Å²) in [5, 5.41) is 0. The highest BCUT2D eigenvalue weighted by atomic mass is 127. The van der Waals surface area contributed by atoms with Crippen LogP contribution in [-0.2, 0) is 6.54 Å². The molecule has 0 spiro atoms. The number of halogens is 1. The quantitative estimate of drug-likeness (QED) is 0.415. The minimum Gasteiger partial charge on any atom is -0.492 e. The van der Waals surface area contributed by atoms with E-state index in [9.17, 15) is 0 Å². The Morgan fingerprint density at radius 2 is 2.04 bits per heavy atom. The van der Waals surface area contributed by atoms with Crippen LogP contribution in [0, 0.1) is 5.92 Å². The molecule has 2 N–H and O–H groups in total. The zero-order valence-corrected chi connectivity index (χ0v) is 17.4. The van der Waals surface area contributed by atoms with Crippen molar-refractivity contribution in [3.05, 3.63) is 29.8 Å². The number of rotatable bonds is 6. The number of aliphatic imine (C=N–C) groups is 1. The van der Waals surface area contributed by atoms with E-state index in [1.165, 1.54) is 12.8 Å². The number of hydrogen-bond acceptors (Lipinski definition) is 3. The van der Waals surface area contributed by atoms with Gasteiger partial charge in [0.15, 0.2) is 5.96 Å². The van der Waals surface area contributed by atoms with Crippen molar-refractivity contribution < 1.29 is 4.74 Å². The lowest BCUT2D eigenvalue weighted by atomic mass is 10.00. The largest absolute Gasteiger partial charge is 0.492 e. The maximum atomic E-state index is 6.13. The Hall–Kier alpha value is -1.02. The van der Waals surface area contributed by atoms with Crippen molar-refractivity contribution in [2.45, 2.75) is 26.3 Å². The Bertz CT molecular complexity index is 513. The highest BCUT2D eigenvalue weighted by Gasteiger charge is 2.16. The summed E-state index contributed by atoms with van der Waals surface area (Å²) in [6, 6.07) is 8.10. The molecular weight excluding hydrogens is 415 g/mol. The van der Waals surface area contributed by atoms with Crippen molar-refractivity contribution in [2.75, 3.05) is 40.3 Å². The first-order valence-electron chi connectivity index (χ1n) is 8.46. The number of benzene rings is 1. The third-order valence-corrected chi connectivity index (χ3v) is 4.24. The second kappa shape index (κ2) is 10.8. The van der Waals surface area contributed by atoms with Crippen molar-refractivity contribution in [1.82, 2.24) is 9.80 Å². The lowest BCUT2D eigenvalue weighted by molar-refractivity contribution is 0.261. The standard InChI is InChI=1S/C18H30N4O.HI/c1-15-7-9-22(10-8-15)18(19)20-14-16-5-4-6-17(13-16)23-12-11-21(2)3;/h4-6,13,15H,7-12,14H2,1-3H3,(H2,19,20);1H. The molecule has 0 aliphatic carbocycles. The number of likely N-dealkylation sites (N-methyl/N-ethyl adjacent to an activating group) is 1. The first-order valence-corrected chi connectivity index (χ1v) is 8.46. The summed E-state index contributed by atoms with van der Waals surface area (Å²) in [6.07, 6.45) is 2.40. The van der Waals surface area contributed by atoms with Crippen molar-refractivity contribution in [3.63, 3.8) is 0 Å². The van der Waals surface area contributed by atoms with E-state index in [-0.39, 0.29) is 24.0 Å². The number of nitrogens with zero attached hydrogens (tertiary/aromatic N) is 3. The Balaban J connectivity index is 0.00000288. The van der Waals surface area contributed by atoms with E-state index in [1.807, 2.05) is 32.3 Å². The van der Waals surface area contributed by atoms with Crippen LogP contribution in [0.15, 0.2) is 29.3 Å². The molecule has 1 aliphatic heterocycles. The number of likely N-dealkylation sites (tertiary alicyclic amines) is 1. The molecule has 5 nitrogen and oxygen atoms in total. The van der Waals surface area contributed by atoms with Gasteiger partial charge in [0.1, 0.15) is 12.4 Å². The second-order valence-corrected chi connectivity index (χ2v) is 6.64. The number of hydrogen-bond donors (Lipinski definition) is 1. The first-order chi connectivity index (χ1) is 11.0. The van der Waals surface area contributed by atoms with Crippen molar-refractivity contribution in [3.8, 4) is 5.75 Å².